The van der Waals surface area contributed by atoms with Gasteiger partial charge in [-0.3, -0.25) is 0 Å². The largest absolute Gasteiger partial charge is 0.379 e. The summed E-state index contributed by atoms with van der Waals surface area (Å²) in [4.78, 5) is 0. The molecule has 0 N–H and O–H groups in total. The van der Waals surface area contributed by atoms with Crippen molar-refractivity contribution in [1.29, 1.82) is 0 Å². The monoisotopic (exact) mass is 444 g/mol. The lowest BCUT2D eigenvalue weighted by Crippen LogP contribution is -2.12. The molecule has 188 valence electrons. The second-order valence-corrected chi connectivity index (χ2v) is 8.75. The van der Waals surface area contributed by atoms with Crippen molar-refractivity contribution in [3.63, 3.8) is 0 Å². The summed E-state index contributed by atoms with van der Waals surface area (Å²) in [5.41, 5.74) is 0. The van der Waals surface area contributed by atoms with E-state index in [0.717, 1.165) is 13.2 Å². The average molecular weight is 445 g/mol. The van der Waals surface area contributed by atoms with Crippen LogP contribution < -0.4 is 0 Å². The van der Waals surface area contributed by atoms with Gasteiger partial charge in [-0.1, -0.05) is 110 Å². The van der Waals surface area contributed by atoms with E-state index in [0.29, 0.717) is 39.6 Å². The van der Waals surface area contributed by atoms with Gasteiger partial charge in [0.05, 0.1) is 39.6 Å². The van der Waals surface area contributed by atoms with Crippen LogP contribution in [0.4, 0.5) is 0 Å². The van der Waals surface area contributed by atoms with Crippen molar-refractivity contribution in [1.82, 2.24) is 0 Å². The zero-order valence-corrected chi connectivity index (χ0v) is 21.3. The molecule has 0 aliphatic rings. The minimum Gasteiger partial charge on any atom is -0.379 e. The van der Waals surface area contributed by atoms with Crippen molar-refractivity contribution in [2.24, 2.45) is 0 Å². The lowest BCUT2D eigenvalue weighted by atomic mass is 10.1. The summed E-state index contributed by atoms with van der Waals surface area (Å²) in [6.45, 7) is 10.2. The molecule has 0 aromatic carbocycles. The second kappa shape index (κ2) is 29.8. The fourth-order valence-electron chi connectivity index (χ4n) is 3.61. The molecule has 0 saturated heterocycles. The molecule has 4 nitrogen and oxygen atoms in total. The molecule has 0 unspecified atom stereocenters. The summed E-state index contributed by atoms with van der Waals surface area (Å²) in [6, 6.07) is 0. The van der Waals surface area contributed by atoms with Crippen LogP contribution in [0.1, 0.15) is 123 Å². The predicted molar refractivity (Wildman–Crippen MR) is 133 cm³/mol. The summed E-state index contributed by atoms with van der Waals surface area (Å²) in [6.07, 6.45) is 22.9. The summed E-state index contributed by atoms with van der Waals surface area (Å²) < 4.78 is 22.3. The Hall–Kier alpha value is -0.160. The SMILES string of the molecule is CCCCCCCCCCCCCOCCOCCOCCOCCCCCCCC. The molecule has 0 amide bonds. The van der Waals surface area contributed by atoms with E-state index in [1.54, 1.807) is 0 Å². The lowest BCUT2D eigenvalue weighted by Gasteiger charge is -2.08. The van der Waals surface area contributed by atoms with E-state index in [4.69, 9.17) is 18.9 Å². The van der Waals surface area contributed by atoms with Gasteiger partial charge in [0.15, 0.2) is 0 Å². The molecule has 0 spiro atoms. The van der Waals surface area contributed by atoms with Crippen molar-refractivity contribution in [2.45, 2.75) is 123 Å². The predicted octanol–water partition coefficient (Wildman–Crippen LogP) is 7.72. The van der Waals surface area contributed by atoms with Crippen molar-refractivity contribution in [3.8, 4) is 0 Å². The maximum atomic E-state index is 5.64. The van der Waals surface area contributed by atoms with E-state index >= 15 is 0 Å². The quantitative estimate of drug-likeness (QED) is 0.116. The molecule has 0 radical (unpaired) electrons. The fraction of sp³-hybridized carbons (Fsp3) is 1.00. The van der Waals surface area contributed by atoms with Crippen molar-refractivity contribution >= 4 is 0 Å². The molecule has 0 rings (SSSR count). The van der Waals surface area contributed by atoms with E-state index in [1.807, 2.05) is 0 Å². The standard InChI is InChI=1S/C27H56O4/c1-3-5-7-9-11-12-13-14-15-17-19-21-29-23-25-31-27-26-30-24-22-28-20-18-16-10-8-6-4-2/h3-27H2,1-2H3. The Morgan fingerprint density at radius 1 is 0.258 bits per heavy atom. The minimum atomic E-state index is 0.638. The second-order valence-electron chi connectivity index (χ2n) is 8.75. The van der Waals surface area contributed by atoms with Crippen LogP contribution in [0.2, 0.25) is 0 Å². The molecule has 0 saturated carbocycles. The summed E-state index contributed by atoms with van der Waals surface area (Å²) in [5.74, 6) is 0. The molecule has 0 aliphatic heterocycles. The Morgan fingerprint density at radius 2 is 0.484 bits per heavy atom. The van der Waals surface area contributed by atoms with E-state index in [-0.39, 0.29) is 0 Å². The zero-order valence-electron chi connectivity index (χ0n) is 21.3. The first-order valence-corrected chi connectivity index (χ1v) is 13.7. The van der Waals surface area contributed by atoms with Crippen LogP contribution in [0, 0.1) is 0 Å². The van der Waals surface area contributed by atoms with E-state index in [1.165, 1.54) is 109 Å². The molecule has 0 aromatic heterocycles. The van der Waals surface area contributed by atoms with Gasteiger partial charge in [-0.25, -0.2) is 0 Å². The average Bonchev–Trinajstić information content (AvgIpc) is 2.78. The Morgan fingerprint density at radius 3 is 0.774 bits per heavy atom. The van der Waals surface area contributed by atoms with Crippen LogP contribution in [0.5, 0.6) is 0 Å². The molecule has 0 bridgehead atoms. The topological polar surface area (TPSA) is 36.9 Å². The lowest BCUT2D eigenvalue weighted by molar-refractivity contribution is -0.00248. The normalized spacial score (nSPS) is 11.4. The van der Waals surface area contributed by atoms with E-state index in [9.17, 15) is 0 Å². The van der Waals surface area contributed by atoms with Crippen LogP contribution >= 0.6 is 0 Å². The van der Waals surface area contributed by atoms with Gasteiger partial charge in [0.2, 0.25) is 0 Å². The summed E-state index contributed by atoms with van der Waals surface area (Å²) >= 11 is 0. The van der Waals surface area contributed by atoms with Crippen LogP contribution in [0.3, 0.4) is 0 Å². The number of unbranched alkanes of at least 4 members (excludes halogenated alkanes) is 15. The molecule has 0 aromatic rings. The molecule has 0 fully saturated rings. The molecule has 0 aliphatic carbocycles. The number of ether oxygens (including phenoxy) is 4. The van der Waals surface area contributed by atoms with Gasteiger partial charge in [0.25, 0.3) is 0 Å². The van der Waals surface area contributed by atoms with Gasteiger partial charge in [-0.15, -0.1) is 0 Å². The zero-order chi connectivity index (χ0) is 22.5. The Balaban J connectivity index is 2.98. The van der Waals surface area contributed by atoms with Crippen molar-refractivity contribution in [3.05, 3.63) is 0 Å². The Kier molecular flexibility index (Phi) is 29.7. The van der Waals surface area contributed by atoms with Crippen LogP contribution in [-0.2, 0) is 18.9 Å². The maximum Gasteiger partial charge on any atom is 0.0701 e. The Bertz CT molecular complexity index is 271. The van der Waals surface area contributed by atoms with Crippen LogP contribution in [-0.4, -0.2) is 52.9 Å². The third-order valence-corrected chi connectivity index (χ3v) is 5.65. The summed E-state index contributed by atoms with van der Waals surface area (Å²) in [7, 11) is 0. The van der Waals surface area contributed by atoms with Crippen molar-refractivity contribution < 1.29 is 18.9 Å². The highest BCUT2D eigenvalue weighted by molar-refractivity contribution is 4.48. The smallest absolute Gasteiger partial charge is 0.0701 e. The van der Waals surface area contributed by atoms with Crippen molar-refractivity contribution in [2.75, 3.05) is 52.9 Å². The number of rotatable bonds is 28. The van der Waals surface area contributed by atoms with Crippen LogP contribution in [0.25, 0.3) is 0 Å². The third-order valence-electron chi connectivity index (χ3n) is 5.65. The van der Waals surface area contributed by atoms with Gasteiger partial charge < -0.3 is 18.9 Å². The van der Waals surface area contributed by atoms with Gasteiger partial charge in [0, 0.05) is 13.2 Å². The molecular formula is C27H56O4. The van der Waals surface area contributed by atoms with Gasteiger partial charge in [-0.2, -0.15) is 0 Å². The minimum absolute atomic E-state index is 0.638. The van der Waals surface area contributed by atoms with E-state index < -0.39 is 0 Å². The van der Waals surface area contributed by atoms with Crippen LogP contribution in [0.15, 0.2) is 0 Å². The van der Waals surface area contributed by atoms with Gasteiger partial charge in [-0.05, 0) is 12.8 Å². The van der Waals surface area contributed by atoms with E-state index in [2.05, 4.69) is 13.8 Å². The molecular weight excluding hydrogens is 388 g/mol. The molecule has 4 heteroatoms. The molecule has 0 heterocycles. The first-order chi connectivity index (χ1) is 15.4. The number of hydrogen-bond acceptors (Lipinski definition) is 4. The summed E-state index contributed by atoms with van der Waals surface area (Å²) in [5, 5.41) is 0. The highest BCUT2D eigenvalue weighted by Gasteiger charge is 1.95. The number of hydrogen-bond donors (Lipinski definition) is 0. The van der Waals surface area contributed by atoms with Gasteiger partial charge >= 0.3 is 0 Å². The first-order valence-electron chi connectivity index (χ1n) is 13.7. The fourth-order valence-corrected chi connectivity index (χ4v) is 3.61. The first kappa shape index (κ1) is 30.8. The highest BCUT2D eigenvalue weighted by Crippen LogP contribution is 2.11. The molecule has 31 heavy (non-hydrogen) atoms. The third kappa shape index (κ3) is 29.8. The highest BCUT2D eigenvalue weighted by atomic mass is 16.6. The van der Waals surface area contributed by atoms with Gasteiger partial charge in [0.1, 0.15) is 0 Å². The Labute approximate surface area is 195 Å². The maximum absolute atomic E-state index is 5.64. The molecule has 0 atom stereocenters.